The van der Waals surface area contributed by atoms with Crippen molar-refractivity contribution in [2.24, 2.45) is 0 Å². The minimum Gasteiger partial charge on any atom is -0.508 e. The van der Waals surface area contributed by atoms with Crippen LogP contribution < -0.4 is 5.32 Å². The van der Waals surface area contributed by atoms with Crippen molar-refractivity contribution in [3.63, 3.8) is 0 Å². The van der Waals surface area contributed by atoms with Crippen LogP contribution in [0.25, 0.3) is 0 Å². The minimum absolute atomic E-state index is 0.0660. The van der Waals surface area contributed by atoms with Crippen molar-refractivity contribution in [1.82, 2.24) is 5.32 Å². The summed E-state index contributed by atoms with van der Waals surface area (Å²) in [4.78, 5) is 0. The largest absolute Gasteiger partial charge is 0.508 e. The van der Waals surface area contributed by atoms with Crippen LogP contribution in [0.1, 0.15) is 43.5 Å². The molecule has 0 aliphatic rings. The number of phenols is 1. The molecule has 0 spiro atoms. The van der Waals surface area contributed by atoms with E-state index in [1.807, 2.05) is 25.1 Å². The van der Waals surface area contributed by atoms with Crippen molar-refractivity contribution >= 4 is 0 Å². The van der Waals surface area contributed by atoms with Crippen LogP contribution in [0.4, 0.5) is 4.39 Å². The van der Waals surface area contributed by atoms with Crippen LogP contribution in [-0.2, 0) is 0 Å². The summed E-state index contributed by atoms with van der Waals surface area (Å²) >= 11 is 0. The number of para-hydroxylation sites is 1. The van der Waals surface area contributed by atoms with E-state index in [-0.39, 0.29) is 17.9 Å². The van der Waals surface area contributed by atoms with Gasteiger partial charge in [-0.05, 0) is 37.1 Å². The highest BCUT2D eigenvalue weighted by atomic mass is 19.1. The molecule has 0 aliphatic heterocycles. The summed E-state index contributed by atoms with van der Waals surface area (Å²) in [5, 5.41) is 13.4. The number of phenolic OH excluding ortho intramolecular Hbond substituents is 1. The Bertz CT molecular complexity index is 553. The Morgan fingerprint density at radius 3 is 2.35 bits per heavy atom. The van der Waals surface area contributed by atoms with Crippen LogP contribution in [0.2, 0.25) is 0 Å². The molecular formula is C17H20FNO. The van der Waals surface area contributed by atoms with E-state index in [0.29, 0.717) is 5.75 Å². The third-order valence-corrected chi connectivity index (χ3v) is 3.54. The fraction of sp³-hybridized carbons (Fsp3) is 0.294. The summed E-state index contributed by atoms with van der Waals surface area (Å²) in [5.74, 6) is 0.0758. The molecule has 0 amide bonds. The first-order valence-electron chi connectivity index (χ1n) is 6.91. The van der Waals surface area contributed by atoms with E-state index in [1.54, 1.807) is 18.2 Å². The van der Waals surface area contributed by atoms with Crippen molar-refractivity contribution < 1.29 is 9.50 Å². The molecule has 2 aromatic carbocycles. The Morgan fingerprint density at radius 1 is 1.10 bits per heavy atom. The van der Waals surface area contributed by atoms with Gasteiger partial charge in [0.05, 0.1) is 0 Å². The molecule has 0 aliphatic carbocycles. The SMILES string of the molecule is CCC(N[C@H](C)c1ccc(F)cc1)c1ccccc1O. The molecule has 0 heterocycles. The van der Waals surface area contributed by atoms with Gasteiger partial charge in [0, 0.05) is 17.6 Å². The highest BCUT2D eigenvalue weighted by Crippen LogP contribution is 2.28. The van der Waals surface area contributed by atoms with Crippen LogP contribution >= 0.6 is 0 Å². The first-order valence-corrected chi connectivity index (χ1v) is 6.91. The van der Waals surface area contributed by atoms with Crippen molar-refractivity contribution in [2.45, 2.75) is 32.4 Å². The highest BCUT2D eigenvalue weighted by molar-refractivity contribution is 5.34. The van der Waals surface area contributed by atoms with E-state index in [0.717, 1.165) is 17.5 Å². The maximum absolute atomic E-state index is 12.9. The average molecular weight is 273 g/mol. The van der Waals surface area contributed by atoms with Gasteiger partial charge in [-0.15, -0.1) is 0 Å². The van der Waals surface area contributed by atoms with Crippen molar-refractivity contribution in [3.8, 4) is 5.75 Å². The van der Waals surface area contributed by atoms with Crippen LogP contribution in [0.3, 0.4) is 0 Å². The van der Waals surface area contributed by atoms with Crippen LogP contribution in [0, 0.1) is 5.82 Å². The standard InChI is InChI=1S/C17H20FNO/c1-3-16(15-6-4-5-7-17(15)20)19-12(2)13-8-10-14(18)11-9-13/h4-12,16,19-20H,3H2,1-2H3/t12-,16?/m1/s1. The summed E-state index contributed by atoms with van der Waals surface area (Å²) in [6, 6.07) is 14.0. The number of hydrogen-bond donors (Lipinski definition) is 2. The first-order chi connectivity index (χ1) is 9.61. The smallest absolute Gasteiger partial charge is 0.123 e. The van der Waals surface area contributed by atoms with E-state index in [2.05, 4.69) is 12.2 Å². The van der Waals surface area contributed by atoms with Gasteiger partial charge in [0.2, 0.25) is 0 Å². The van der Waals surface area contributed by atoms with E-state index >= 15 is 0 Å². The molecule has 106 valence electrons. The Morgan fingerprint density at radius 2 is 1.75 bits per heavy atom. The molecule has 2 aromatic rings. The zero-order chi connectivity index (χ0) is 14.5. The molecule has 0 bridgehead atoms. The van der Waals surface area contributed by atoms with Gasteiger partial charge in [-0.2, -0.15) is 0 Å². The molecule has 3 heteroatoms. The quantitative estimate of drug-likeness (QED) is 0.849. The second-order valence-corrected chi connectivity index (χ2v) is 4.96. The number of benzene rings is 2. The summed E-state index contributed by atoms with van der Waals surface area (Å²) in [6.45, 7) is 4.11. The number of aromatic hydroxyl groups is 1. The Balaban J connectivity index is 2.14. The van der Waals surface area contributed by atoms with Crippen LogP contribution in [0.15, 0.2) is 48.5 Å². The third-order valence-electron chi connectivity index (χ3n) is 3.54. The molecule has 2 nitrogen and oxygen atoms in total. The number of hydrogen-bond acceptors (Lipinski definition) is 2. The van der Waals surface area contributed by atoms with Gasteiger partial charge in [0.15, 0.2) is 0 Å². The topological polar surface area (TPSA) is 32.3 Å². The fourth-order valence-corrected chi connectivity index (χ4v) is 2.36. The lowest BCUT2D eigenvalue weighted by Gasteiger charge is -2.23. The molecule has 1 unspecified atom stereocenters. The van der Waals surface area contributed by atoms with Gasteiger partial charge in [0.1, 0.15) is 11.6 Å². The Labute approximate surface area is 119 Å². The van der Waals surface area contributed by atoms with Gasteiger partial charge in [-0.25, -0.2) is 4.39 Å². The van der Waals surface area contributed by atoms with Gasteiger partial charge in [0.25, 0.3) is 0 Å². The van der Waals surface area contributed by atoms with Gasteiger partial charge < -0.3 is 10.4 Å². The summed E-state index contributed by atoms with van der Waals surface area (Å²) in [5.41, 5.74) is 1.92. The molecule has 20 heavy (non-hydrogen) atoms. The minimum atomic E-state index is -0.228. The lowest BCUT2D eigenvalue weighted by molar-refractivity contribution is 0.419. The van der Waals surface area contributed by atoms with Gasteiger partial charge in [-0.3, -0.25) is 0 Å². The number of rotatable bonds is 5. The summed E-state index contributed by atoms with van der Waals surface area (Å²) in [7, 11) is 0. The molecule has 0 radical (unpaired) electrons. The summed E-state index contributed by atoms with van der Waals surface area (Å²) in [6.07, 6.45) is 0.864. The number of halogens is 1. The van der Waals surface area contributed by atoms with Gasteiger partial charge >= 0.3 is 0 Å². The molecule has 0 fully saturated rings. The second kappa shape index (κ2) is 6.53. The molecule has 2 atom stereocenters. The normalized spacial score (nSPS) is 13.9. The van der Waals surface area contributed by atoms with E-state index in [4.69, 9.17) is 0 Å². The average Bonchev–Trinajstić information content (AvgIpc) is 2.46. The number of nitrogens with one attached hydrogen (secondary N) is 1. The maximum atomic E-state index is 12.9. The lowest BCUT2D eigenvalue weighted by atomic mass is 10.0. The maximum Gasteiger partial charge on any atom is 0.123 e. The van der Waals surface area contributed by atoms with Crippen molar-refractivity contribution in [2.75, 3.05) is 0 Å². The zero-order valence-electron chi connectivity index (χ0n) is 11.8. The van der Waals surface area contributed by atoms with E-state index < -0.39 is 0 Å². The van der Waals surface area contributed by atoms with Crippen molar-refractivity contribution in [1.29, 1.82) is 0 Å². The molecule has 2 N–H and O–H groups in total. The summed E-state index contributed by atoms with van der Waals surface area (Å²) < 4.78 is 12.9. The second-order valence-electron chi connectivity index (χ2n) is 4.96. The highest BCUT2D eigenvalue weighted by Gasteiger charge is 2.16. The first kappa shape index (κ1) is 14.5. The molecule has 0 saturated carbocycles. The van der Waals surface area contributed by atoms with Crippen molar-refractivity contribution in [3.05, 3.63) is 65.5 Å². The van der Waals surface area contributed by atoms with Crippen LogP contribution in [0.5, 0.6) is 5.75 Å². The third kappa shape index (κ3) is 3.36. The molecule has 0 saturated heterocycles. The zero-order valence-corrected chi connectivity index (χ0v) is 11.8. The van der Waals surface area contributed by atoms with E-state index in [9.17, 15) is 9.50 Å². The predicted molar refractivity (Wildman–Crippen MR) is 79.1 cm³/mol. The Hall–Kier alpha value is -1.87. The monoisotopic (exact) mass is 273 g/mol. The molecule has 0 aromatic heterocycles. The lowest BCUT2D eigenvalue weighted by Crippen LogP contribution is -2.24. The Kier molecular flexibility index (Phi) is 4.74. The molecule has 2 rings (SSSR count). The molecular weight excluding hydrogens is 253 g/mol. The van der Waals surface area contributed by atoms with Crippen LogP contribution in [-0.4, -0.2) is 5.11 Å². The van der Waals surface area contributed by atoms with Gasteiger partial charge in [-0.1, -0.05) is 37.3 Å². The fourth-order valence-electron chi connectivity index (χ4n) is 2.36. The predicted octanol–water partition coefficient (Wildman–Crippen LogP) is 4.33. The van der Waals surface area contributed by atoms with E-state index in [1.165, 1.54) is 12.1 Å².